The topological polar surface area (TPSA) is 67.6 Å². The van der Waals surface area contributed by atoms with Gasteiger partial charge in [-0.2, -0.15) is 4.52 Å². The van der Waals surface area contributed by atoms with E-state index in [9.17, 15) is 0 Å². The predicted molar refractivity (Wildman–Crippen MR) is 85.1 cm³/mol. The fraction of sp³-hybridized carbons (Fsp3) is 0.667. The molecular formula is C15H24N6O. The summed E-state index contributed by atoms with van der Waals surface area (Å²) in [4.78, 5) is 2.51. The molecule has 3 rings (SSSR count). The first kappa shape index (κ1) is 15.2. The van der Waals surface area contributed by atoms with Gasteiger partial charge < -0.3 is 10.1 Å². The van der Waals surface area contributed by atoms with Crippen molar-refractivity contribution in [1.82, 2.24) is 24.7 Å². The maximum absolute atomic E-state index is 5.46. The van der Waals surface area contributed by atoms with E-state index in [2.05, 4.69) is 39.4 Å². The Balaban J connectivity index is 1.71. The molecular weight excluding hydrogens is 280 g/mol. The molecule has 1 atom stereocenters. The van der Waals surface area contributed by atoms with Crippen LogP contribution in [0.2, 0.25) is 0 Å². The summed E-state index contributed by atoms with van der Waals surface area (Å²) in [6, 6.07) is 3.90. The molecule has 0 unspecified atom stereocenters. The van der Waals surface area contributed by atoms with Gasteiger partial charge in [0.2, 0.25) is 0 Å². The Morgan fingerprint density at radius 1 is 1.27 bits per heavy atom. The summed E-state index contributed by atoms with van der Waals surface area (Å²) in [5.41, 5.74) is 0.873. The summed E-state index contributed by atoms with van der Waals surface area (Å²) in [6.45, 7) is 10.9. The van der Waals surface area contributed by atoms with Crippen LogP contribution >= 0.6 is 0 Å². The Morgan fingerprint density at radius 3 is 2.77 bits per heavy atom. The van der Waals surface area contributed by atoms with Gasteiger partial charge in [-0.25, -0.2) is 0 Å². The molecule has 0 radical (unpaired) electrons. The number of hydrogen-bond acceptors (Lipinski definition) is 6. The van der Waals surface area contributed by atoms with E-state index in [4.69, 9.17) is 4.74 Å². The predicted octanol–water partition coefficient (Wildman–Crippen LogP) is 1.35. The Labute approximate surface area is 130 Å². The van der Waals surface area contributed by atoms with E-state index < -0.39 is 0 Å². The number of morpholine rings is 1. The lowest BCUT2D eigenvalue weighted by atomic mass is 9.95. The van der Waals surface area contributed by atoms with Gasteiger partial charge in [0.1, 0.15) is 5.82 Å². The lowest BCUT2D eigenvalue weighted by Crippen LogP contribution is -2.55. The van der Waals surface area contributed by atoms with E-state index in [0.717, 1.165) is 56.6 Å². The Bertz CT molecular complexity index is 636. The van der Waals surface area contributed by atoms with Crippen molar-refractivity contribution in [3.05, 3.63) is 18.0 Å². The Hall–Kier alpha value is -1.73. The van der Waals surface area contributed by atoms with E-state index in [1.54, 1.807) is 4.52 Å². The number of fused-ring (bicyclic) bond motifs is 1. The molecule has 1 aliphatic heterocycles. The van der Waals surface area contributed by atoms with Crippen LogP contribution in [-0.2, 0) is 4.74 Å². The Morgan fingerprint density at radius 2 is 2.05 bits per heavy atom. The summed E-state index contributed by atoms with van der Waals surface area (Å²) in [6.07, 6.45) is 1.08. The highest BCUT2D eigenvalue weighted by Gasteiger charge is 2.31. The first-order chi connectivity index (χ1) is 10.6. The molecule has 22 heavy (non-hydrogen) atoms. The summed E-state index contributed by atoms with van der Waals surface area (Å²) in [5.74, 6) is 1.65. The fourth-order valence-corrected chi connectivity index (χ4v) is 2.84. The number of hydrogen-bond donors (Lipinski definition) is 1. The van der Waals surface area contributed by atoms with Crippen LogP contribution in [0.15, 0.2) is 12.1 Å². The highest BCUT2D eigenvalue weighted by molar-refractivity contribution is 5.44. The normalized spacial score (nSPS) is 19.2. The highest BCUT2D eigenvalue weighted by atomic mass is 16.5. The van der Waals surface area contributed by atoms with E-state index >= 15 is 0 Å². The quantitative estimate of drug-likeness (QED) is 0.899. The highest BCUT2D eigenvalue weighted by Crippen LogP contribution is 2.21. The standard InChI is InChI=1S/C15H24N6O/c1-4-15(3,20-7-9-22-10-8-20)11-16-13-5-6-14-18-17-12(2)21(14)19-13/h5-6H,4,7-11H2,1-3H3,(H,16,19)/t15-/m1/s1. The lowest BCUT2D eigenvalue weighted by molar-refractivity contribution is -0.0131. The molecule has 2 aromatic rings. The minimum Gasteiger partial charge on any atom is -0.379 e. The minimum absolute atomic E-state index is 0.0999. The molecule has 120 valence electrons. The van der Waals surface area contributed by atoms with Gasteiger partial charge in [0.25, 0.3) is 0 Å². The lowest BCUT2D eigenvalue weighted by Gasteiger charge is -2.43. The molecule has 3 heterocycles. The molecule has 7 heteroatoms. The number of rotatable bonds is 5. The second kappa shape index (κ2) is 6.18. The number of anilines is 1. The van der Waals surface area contributed by atoms with Gasteiger partial charge in [-0.05, 0) is 32.4 Å². The van der Waals surface area contributed by atoms with Gasteiger partial charge in [0.15, 0.2) is 11.5 Å². The first-order valence-electron chi connectivity index (χ1n) is 7.88. The van der Waals surface area contributed by atoms with Crippen molar-refractivity contribution in [2.75, 3.05) is 38.2 Å². The average Bonchev–Trinajstić information content (AvgIpc) is 2.94. The van der Waals surface area contributed by atoms with Crippen LogP contribution in [0.5, 0.6) is 0 Å². The molecule has 1 aliphatic rings. The maximum Gasteiger partial charge on any atom is 0.178 e. The van der Waals surface area contributed by atoms with Gasteiger partial charge in [0.05, 0.1) is 13.2 Å². The van der Waals surface area contributed by atoms with E-state index in [1.165, 1.54) is 0 Å². The maximum atomic E-state index is 5.46. The number of nitrogens with zero attached hydrogens (tertiary/aromatic N) is 5. The van der Waals surface area contributed by atoms with Gasteiger partial charge in [-0.15, -0.1) is 15.3 Å². The van der Waals surface area contributed by atoms with Gasteiger partial charge in [-0.1, -0.05) is 6.92 Å². The van der Waals surface area contributed by atoms with Crippen LogP contribution in [0, 0.1) is 6.92 Å². The van der Waals surface area contributed by atoms with Gasteiger partial charge in [0, 0.05) is 25.2 Å². The third-order valence-electron chi connectivity index (χ3n) is 4.61. The Kier molecular flexibility index (Phi) is 4.26. The van der Waals surface area contributed by atoms with Crippen molar-refractivity contribution < 1.29 is 4.74 Å². The van der Waals surface area contributed by atoms with E-state index in [-0.39, 0.29) is 5.54 Å². The zero-order chi connectivity index (χ0) is 15.6. The molecule has 0 saturated carbocycles. The summed E-state index contributed by atoms with van der Waals surface area (Å²) >= 11 is 0. The van der Waals surface area contributed by atoms with Crippen LogP contribution in [0.25, 0.3) is 5.65 Å². The van der Waals surface area contributed by atoms with Crippen LogP contribution in [-0.4, -0.2) is 63.1 Å². The average molecular weight is 304 g/mol. The molecule has 1 saturated heterocycles. The van der Waals surface area contributed by atoms with Crippen molar-refractivity contribution in [2.45, 2.75) is 32.7 Å². The van der Waals surface area contributed by atoms with Crippen LogP contribution in [0.1, 0.15) is 26.1 Å². The van der Waals surface area contributed by atoms with Gasteiger partial charge in [-0.3, -0.25) is 4.90 Å². The van der Waals surface area contributed by atoms with E-state index in [0.29, 0.717) is 0 Å². The third kappa shape index (κ3) is 2.91. The van der Waals surface area contributed by atoms with Crippen molar-refractivity contribution >= 4 is 11.5 Å². The number of aromatic nitrogens is 4. The van der Waals surface area contributed by atoms with Crippen LogP contribution < -0.4 is 5.32 Å². The second-order valence-electron chi connectivity index (χ2n) is 6.04. The third-order valence-corrected chi connectivity index (χ3v) is 4.61. The second-order valence-corrected chi connectivity index (χ2v) is 6.04. The largest absolute Gasteiger partial charge is 0.379 e. The van der Waals surface area contributed by atoms with Crippen molar-refractivity contribution in [1.29, 1.82) is 0 Å². The molecule has 1 N–H and O–H groups in total. The van der Waals surface area contributed by atoms with E-state index in [1.807, 2.05) is 19.1 Å². The summed E-state index contributed by atoms with van der Waals surface area (Å²) < 4.78 is 7.23. The van der Waals surface area contributed by atoms with Crippen LogP contribution in [0.4, 0.5) is 5.82 Å². The summed E-state index contributed by atoms with van der Waals surface area (Å²) in [5, 5.41) is 16.1. The molecule has 0 aromatic carbocycles. The molecule has 0 aliphatic carbocycles. The first-order valence-corrected chi connectivity index (χ1v) is 7.88. The molecule has 0 bridgehead atoms. The number of ether oxygens (including phenoxy) is 1. The minimum atomic E-state index is 0.0999. The molecule has 7 nitrogen and oxygen atoms in total. The van der Waals surface area contributed by atoms with Crippen molar-refractivity contribution in [3.63, 3.8) is 0 Å². The molecule has 1 fully saturated rings. The fourth-order valence-electron chi connectivity index (χ4n) is 2.84. The zero-order valence-electron chi connectivity index (χ0n) is 13.5. The van der Waals surface area contributed by atoms with Crippen molar-refractivity contribution in [3.8, 4) is 0 Å². The zero-order valence-corrected chi connectivity index (χ0v) is 13.5. The number of aryl methyl sites for hydroxylation is 1. The summed E-state index contributed by atoms with van der Waals surface area (Å²) in [7, 11) is 0. The monoisotopic (exact) mass is 304 g/mol. The smallest absolute Gasteiger partial charge is 0.178 e. The molecule has 0 amide bonds. The van der Waals surface area contributed by atoms with Crippen LogP contribution in [0.3, 0.4) is 0 Å². The SMILES string of the molecule is CC[C@](C)(CNc1ccc2nnc(C)n2n1)N1CCOCC1. The molecule has 0 spiro atoms. The molecule has 2 aromatic heterocycles. The van der Waals surface area contributed by atoms with Crippen molar-refractivity contribution in [2.24, 2.45) is 0 Å². The number of nitrogens with one attached hydrogen (secondary N) is 1. The van der Waals surface area contributed by atoms with Gasteiger partial charge >= 0.3 is 0 Å².